The van der Waals surface area contributed by atoms with E-state index >= 15 is 0 Å². The van der Waals surface area contributed by atoms with Crippen LogP contribution >= 0.6 is 0 Å². The molecule has 2 N–H and O–H groups in total. The summed E-state index contributed by atoms with van der Waals surface area (Å²) in [6, 6.07) is 5.15. The lowest BCUT2D eigenvalue weighted by Gasteiger charge is -2.33. The molecule has 8 heteroatoms. The van der Waals surface area contributed by atoms with E-state index in [2.05, 4.69) is 17.2 Å². The average molecular weight is 426 g/mol. The second-order valence-corrected chi connectivity index (χ2v) is 8.32. The van der Waals surface area contributed by atoms with E-state index in [0.29, 0.717) is 24.4 Å². The Hall–Kier alpha value is -3.13. The summed E-state index contributed by atoms with van der Waals surface area (Å²) < 4.78 is 0. The number of hydrogen-bond donors (Lipinski definition) is 2. The van der Waals surface area contributed by atoms with Gasteiger partial charge in [-0.3, -0.25) is 14.5 Å². The predicted octanol–water partition coefficient (Wildman–Crippen LogP) is 1.33. The zero-order chi connectivity index (χ0) is 22.7. The third kappa shape index (κ3) is 4.80. The summed E-state index contributed by atoms with van der Waals surface area (Å²) in [4.78, 5) is 43.6. The van der Waals surface area contributed by atoms with Gasteiger partial charge in [0.2, 0.25) is 5.91 Å². The van der Waals surface area contributed by atoms with Crippen LogP contribution in [0.1, 0.15) is 22.7 Å². The van der Waals surface area contributed by atoms with Gasteiger partial charge in [0.15, 0.2) is 0 Å². The molecule has 0 fully saturated rings. The molecule has 1 aromatic carbocycles. The highest BCUT2D eigenvalue weighted by Crippen LogP contribution is 2.37. The maximum Gasteiger partial charge on any atom is 0.322 e. The number of carbonyl (C=O) groups excluding carboxylic acids is 3. The first-order chi connectivity index (χ1) is 14.7. The van der Waals surface area contributed by atoms with Gasteiger partial charge in [0.1, 0.15) is 6.54 Å². The number of benzene rings is 1. The number of nitrogens with zero attached hydrogens (tertiary/aromatic N) is 3. The van der Waals surface area contributed by atoms with Gasteiger partial charge in [0.05, 0.1) is 23.9 Å². The summed E-state index contributed by atoms with van der Waals surface area (Å²) in [5.74, 6) is -0.440. The molecule has 1 aromatic rings. The van der Waals surface area contributed by atoms with Crippen LogP contribution in [0, 0.1) is 13.8 Å². The fourth-order valence-electron chi connectivity index (χ4n) is 4.03. The van der Waals surface area contributed by atoms with Gasteiger partial charge in [-0.2, -0.15) is 0 Å². The highest BCUT2D eigenvalue weighted by Gasteiger charge is 2.44. The number of amides is 4. The largest absolute Gasteiger partial charge is 0.353 e. The summed E-state index contributed by atoms with van der Waals surface area (Å²) in [7, 11) is 3.86. The van der Waals surface area contributed by atoms with Crippen LogP contribution in [0.5, 0.6) is 0 Å². The minimum absolute atomic E-state index is 0.0466. The third-order valence-corrected chi connectivity index (χ3v) is 5.56. The highest BCUT2D eigenvalue weighted by molar-refractivity contribution is 6.03. The SMILES string of the molecule is C=CCN1C(=O)N[C@@H](c2ccc(C)cc2C)C2=C1CN(CC(=O)NCCN(C)C)C2=O. The van der Waals surface area contributed by atoms with Crippen molar-refractivity contribution in [2.24, 2.45) is 0 Å². The molecule has 2 aliphatic heterocycles. The maximum atomic E-state index is 13.4. The van der Waals surface area contributed by atoms with Crippen molar-refractivity contribution in [2.45, 2.75) is 19.9 Å². The van der Waals surface area contributed by atoms with E-state index in [9.17, 15) is 14.4 Å². The second-order valence-electron chi connectivity index (χ2n) is 8.32. The van der Waals surface area contributed by atoms with Crippen molar-refractivity contribution in [1.29, 1.82) is 0 Å². The standard InChI is InChI=1S/C23H31N5O3/c1-6-10-28-18-13-27(14-19(29)24-9-11-26(4)5)22(30)20(18)21(25-23(28)31)17-8-7-15(2)12-16(17)3/h6-8,12,21H,1,9-11,13-14H2,2-5H3,(H,24,29)(H,25,31)/t21-/m0/s1. The molecular formula is C23H31N5O3. The van der Waals surface area contributed by atoms with Crippen molar-refractivity contribution < 1.29 is 14.4 Å². The van der Waals surface area contributed by atoms with E-state index in [-0.39, 0.29) is 30.9 Å². The number of nitrogens with one attached hydrogen (secondary N) is 2. The molecule has 31 heavy (non-hydrogen) atoms. The number of carbonyl (C=O) groups is 3. The molecule has 0 saturated carbocycles. The van der Waals surface area contributed by atoms with E-state index in [1.807, 2.05) is 51.0 Å². The van der Waals surface area contributed by atoms with Gasteiger partial charge in [0, 0.05) is 19.6 Å². The van der Waals surface area contributed by atoms with Crippen LogP contribution in [-0.2, 0) is 9.59 Å². The molecule has 0 bridgehead atoms. The normalized spacial score (nSPS) is 18.4. The Morgan fingerprint density at radius 3 is 2.71 bits per heavy atom. The van der Waals surface area contributed by atoms with Crippen LogP contribution in [-0.4, -0.2) is 79.4 Å². The Bertz CT molecular complexity index is 937. The van der Waals surface area contributed by atoms with E-state index in [0.717, 1.165) is 23.2 Å². The summed E-state index contributed by atoms with van der Waals surface area (Å²) in [6.45, 7) is 9.40. The molecule has 1 atom stereocenters. The van der Waals surface area contributed by atoms with Gasteiger partial charge in [-0.25, -0.2) is 4.79 Å². The van der Waals surface area contributed by atoms with Crippen molar-refractivity contribution in [3.05, 3.63) is 58.8 Å². The molecule has 2 heterocycles. The minimum Gasteiger partial charge on any atom is -0.353 e. The van der Waals surface area contributed by atoms with Crippen molar-refractivity contribution in [3.8, 4) is 0 Å². The Labute approximate surface area is 183 Å². The number of rotatable bonds is 8. The third-order valence-electron chi connectivity index (χ3n) is 5.56. The molecule has 0 saturated heterocycles. The smallest absolute Gasteiger partial charge is 0.322 e. The molecule has 4 amide bonds. The first-order valence-corrected chi connectivity index (χ1v) is 10.4. The van der Waals surface area contributed by atoms with Gasteiger partial charge in [0.25, 0.3) is 5.91 Å². The molecule has 0 aliphatic carbocycles. The van der Waals surface area contributed by atoms with Crippen LogP contribution in [0.15, 0.2) is 42.1 Å². The van der Waals surface area contributed by atoms with Crippen LogP contribution in [0.3, 0.4) is 0 Å². The second kappa shape index (κ2) is 9.34. The number of likely N-dealkylation sites (N-methyl/N-ethyl adjacent to an activating group) is 1. The van der Waals surface area contributed by atoms with Crippen molar-refractivity contribution in [1.82, 2.24) is 25.3 Å². The molecular weight excluding hydrogens is 394 g/mol. The van der Waals surface area contributed by atoms with Crippen LogP contribution in [0.25, 0.3) is 0 Å². The summed E-state index contributed by atoms with van der Waals surface area (Å²) >= 11 is 0. The molecule has 8 nitrogen and oxygen atoms in total. The lowest BCUT2D eigenvalue weighted by molar-refractivity contribution is -0.131. The van der Waals surface area contributed by atoms with Gasteiger partial charge < -0.3 is 20.4 Å². The Morgan fingerprint density at radius 2 is 2.06 bits per heavy atom. The minimum atomic E-state index is -0.543. The molecule has 0 aromatic heterocycles. The first-order valence-electron chi connectivity index (χ1n) is 10.4. The fraction of sp³-hybridized carbons (Fsp3) is 0.435. The first kappa shape index (κ1) is 22.6. The Morgan fingerprint density at radius 1 is 1.32 bits per heavy atom. The molecule has 3 rings (SSSR count). The van der Waals surface area contributed by atoms with Gasteiger partial charge >= 0.3 is 6.03 Å². The molecule has 2 aliphatic rings. The Balaban J connectivity index is 1.87. The van der Waals surface area contributed by atoms with Crippen molar-refractivity contribution >= 4 is 17.8 Å². The van der Waals surface area contributed by atoms with E-state index in [1.165, 1.54) is 9.80 Å². The maximum absolute atomic E-state index is 13.4. The summed E-state index contributed by atoms with van der Waals surface area (Å²) in [5, 5.41) is 5.82. The number of urea groups is 1. The van der Waals surface area contributed by atoms with E-state index < -0.39 is 6.04 Å². The van der Waals surface area contributed by atoms with Crippen molar-refractivity contribution in [2.75, 3.05) is 46.8 Å². The topological polar surface area (TPSA) is 85.0 Å². The van der Waals surface area contributed by atoms with Crippen LogP contribution in [0.4, 0.5) is 4.79 Å². The molecule has 0 radical (unpaired) electrons. The summed E-state index contributed by atoms with van der Waals surface area (Å²) in [6.07, 6.45) is 1.63. The lowest BCUT2D eigenvalue weighted by atomic mass is 9.91. The molecule has 166 valence electrons. The zero-order valence-electron chi connectivity index (χ0n) is 18.7. The van der Waals surface area contributed by atoms with Crippen LogP contribution in [0.2, 0.25) is 0 Å². The fourth-order valence-corrected chi connectivity index (χ4v) is 4.03. The lowest BCUT2D eigenvalue weighted by Crippen LogP contribution is -2.47. The summed E-state index contributed by atoms with van der Waals surface area (Å²) in [5.41, 5.74) is 4.16. The van der Waals surface area contributed by atoms with E-state index in [1.54, 1.807) is 6.08 Å². The number of aryl methyl sites for hydroxylation is 2. The monoisotopic (exact) mass is 425 g/mol. The van der Waals surface area contributed by atoms with Crippen molar-refractivity contribution in [3.63, 3.8) is 0 Å². The van der Waals surface area contributed by atoms with Gasteiger partial charge in [-0.15, -0.1) is 6.58 Å². The highest BCUT2D eigenvalue weighted by atomic mass is 16.2. The number of hydrogen-bond acceptors (Lipinski definition) is 4. The Kier molecular flexibility index (Phi) is 6.80. The predicted molar refractivity (Wildman–Crippen MR) is 119 cm³/mol. The van der Waals surface area contributed by atoms with Gasteiger partial charge in [-0.1, -0.05) is 29.8 Å². The average Bonchev–Trinajstić information content (AvgIpc) is 3.00. The van der Waals surface area contributed by atoms with Gasteiger partial charge in [-0.05, 0) is 39.1 Å². The van der Waals surface area contributed by atoms with E-state index in [4.69, 9.17) is 0 Å². The quantitative estimate of drug-likeness (QED) is 0.616. The molecule has 0 spiro atoms. The van der Waals surface area contributed by atoms with Crippen LogP contribution < -0.4 is 10.6 Å². The molecule has 0 unspecified atom stereocenters. The zero-order valence-corrected chi connectivity index (χ0v) is 18.7.